The van der Waals surface area contributed by atoms with Crippen LogP contribution in [-0.2, 0) is 0 Å². The quantitative estimate of drug-likeness (QED) is 0.546. The first-order valence-electron chi connectivity index (χ1n) is 7.66. The number of thiazole rings is 1. The molecule has 0 bridgehead atoms. The summed E-state index contributed by atoms with van der Waals surface area (Å²) in [6.45, 7) is -2.84. The lowest BCUT2D eigenvalue weighted by atomic mass is 10.2. The Balaban J connectivity index is 1.63. The number of aromatic nitrogens is 6. The van der Waals surface area contributed by atoms with Crippen LogP contribution in [0.4, 0.5) is 14.5 Å². The predicted octanol–water partition coefficient (Wildman–Crippen LogP) is 3.44. The average molecular weight is 387 g/mol. The van der Waals surface area contributed by atoms with Gasteiger partial charge < -0.3 is 5.32 Å². The van der Waals surface area contributed by atoms with Crippen LogP contribution in [0.3, 0.4) is 0 Å². The summed E-state index contributed by atoms with van der Waals surface area (Å²) in [5.74, 6) is -0.535. The van der Waals surface area contributed by atoms with Gasteiger partial charge in [-0.3, -0.25) is 14.9 Å². The Morgan fingerprint density at radius 3 is 2.93 bits per heavy atom. The normalized spacial score (nSPS) is 11.1. The van der Waals surface area contributed by atoms with Crippen LogP contribution in [0, 0.1) is 0 Å². The van der Waals surface area contributed by atoms with Gasteiger partial charge in [-0.2, -0.15) is 19.0 Å². The van der Waals surface area contributed by atoms with E-state index in [-0.39, 0.29) is 17.1 Å². The molecule has 0 aliphatic carbocycles. The molecule has 27 heavy (non-hydrogen) atoms. The summed E-state index contributed by atoms with van der Waals surface area (Å²) < 4.78 is 26.6. The highest BCUT2D eigenvalue weighted by Gasteiger charge is 2.20. The Morgan fingerprint density at radius 1 is 1.33 bits per heavy atom. The Kier molecular flexibility index (Phi) is 4.42. The molecule has 4 heterocycles. The second-order valence-electron chi connectivity index (χ2n) is 5.34. The molecule has 2 N–H and O–H groups in total. The maximum Gasteiger partial charge on any atom is 0.333 e. The van der Waals surface area contributed by atoms with E-state index < -0.39 is 12.5 Å². The zero-order valence-corrected chi connectivity index (χ0v) is 14.3. The third-order valence-corrected chi connectivity index (χ3v) is 4.46. The molecule has 0 fully saturated rings. The molecule has 1 amide bonds. The number of pyridine rings is 1. The predicted molar refractivity (Wildman–Crippen MR) is 94.4 cm³/mol. The van der Waals surface area contributed by atoms with Gasteiger partial charge in [-0.25, -0.2) is 9.67 Å². The largest absolute Gasteiger partial charge is 0.333 e. The fourth-order valence-electron chi connectivity index (χ4n) is 2.34. The van der Waals surface area contributed by atoms with Gasteiger partial charge in [0.1, 0.15) is 16.4 Å². The number of hydrogen-bond donors (Lipinski definition) is 2. The molecule has 4 aromatic heterocycles. The van der Waals surface area contributed by atoms with Crippen molar-refractivity contribution in [2.24, 2.45) is 0 Å². The maximum atomic E-state index is 13.0. The van der Waals surface area contributed by atoms with Crippen LogP contribution in [0.2, 0.25) is 0 Å². The van der Waals surface area contributed by atoms with Gasteiger partial charge in [0.15, 0.2) is 0 Å². The topological polar surface area (TPSA) is 101 Å². The number of amides is 1. The number of nitrogens with zero attached hydrogens (tertiary/aromatic N) is 5. The second kappa shape index (κ2) is 7.03. The summed E-state index contributed by atoms with van der Waals surface area (Å²) >= 11 is 1.27. The first-order chi connectivity index (χ1) is 13.1. The third kappa shape index (κ3) is 3.44. The van der Waals surface area contributed by atoms with Gasteiger partial charge in [0.05, 0.1) is 23.8 Å². The second-order valence-corrected chi connectivity index (χ2v) is 6.20. The molecule has 4 aromatic rings. The summed E-state index contributed by atoms with van der Waals surface area (Å²) in [5, 5.41) is 15.1. The molecule has 0 spiro atoms. The molecule has 0 aromatic carbocycles. The highest BCUT2D eigenvalue weighted by molar-refractivity contribution is 7.13. The molecule has 0 saturated carbocycles. The van der Waals surface area contributed by atoms with E-state index in [1.54, 1.807) is 36.0 Å². The molecule has 8 nitrogen and oxygen atoms in total. The van der Waals surface area contributed by atoms with E-state index in [1.165, 1.54) is 17.5 Å². The van der Waals surface area contributed by atoms with Gasteiger partial charge in [0.2, 0.25) is 0 Å². The molecule has 0 atom stereocenters. The smallest absolute Gasteiger partial charge is 0.317 e. The molecule has 136 valence electrons. The lowest BCUT2D eigenvalue weighted by Crippen LogP contribution is -2.12. The van der Waals surface area contributed by atoms with Crippen molar-refractivity contribution in [1.82, 2.24) is 29.9 Å². The number of nitrogens with one attached hydrogen (secondary N) is 2. The maximum absolute atomic E-state index is 13.0. The van der Waals surface area contributed by atoms with Crippen LogP contribution < -0.4 is 5.32 Å². The number of carbonyl (C=O) groups excluding carboxylic acids is 1. The molecule has 0 radical (unpaired) electrons. The summed E-state index contributed by atoms with van der Waals surface area (Å²) in [4.78, 5) is 20.9. The van der Waals surface area contributed by atoms with Crippen molar-refractivity contribution in [3.63, 3.8) is 0 Å². The highest BCUT2D eigenvalue weighted by atomic mass is 32.1. The molecule has 0 saturated heterocycles. The number of rotatable bonds is 5. The monoisotopic (exact) mass is 387 g/mol. The van der Waals surface area contributed by atoms with Gasteiger partial charge in [0, 0.05) is 23.3 Å². The van der Waals surface area contributed by atoms with E-state index in [1.807, 2.05) is 0 Å². The van der Waals surface area contributed by atoms with E-state index >= 15 is 0 Å². The molecule has 11 heteroatoms. The minimum atomic E-state index is -2.84. The molecule has 0 aliphatic heterocycles. The van der Waals surface area contributed by atoms with E-state index in [4.69, 9.17) is 0 Å². The third-order valence-electron chi connectivity index (χ3n) is 3.57. The van der Waals surface area contributed by atoms with Crippen molar-refractivity contribution in [2.45, 2.75) is 6.55 Å². The number of anilines is 1. The van der Waals surface area contributed by atoms with Gasteiger partial charge in [-0.05, 0) is 12.1 Å². The van der Waals surface area contributed by atoms with Crippen LogP contribution in [-0.4, -0.2) is 35.9 Å². The minimum absolute atomic E-state index is 0.122. The van der Waals surface area contributed by atoms with Crippen molar-refractivity contribution in [2.75, 3.05) is 5.32 Å². The van der Waals surface area contributed by atoms with Crippen molar-refractivity contribution in [1.29, 1.82) is 0 Å². The molecular weight excluding hydrogens is 376 g/mol. The fourth-order valence-corrected chi connectivity index (χ4v) is 3.12. The fraction of sp³-hybridized carbons (Fsp3) is 0.0625. The number of hydrogen-bond acceptors (Lipinski definition) is 6. The Labute approximate surface area is 154 Å². The number of halogens is 2. The number of aromatic amines is 1. The molecule has 0 unspecified atom stereocenters. The zero-order valence-electron chi connectivity index (χ0n) is 13.5. The van der Waals surface area contributed by atoms with Gasteiger partial charge >= 0.3 is 6.55 Å². The van der Waals surface area contributed by atoms with Crippen LogP contribution in [0.1, 0.15) is 17.0 Å². The van der Waals surface area contributed by atoms with Gasteiger partial charge in [0.25, 0.3) is 5.91 Å². The highest BCUT2D eigenvalue weighted by Crippen LogP contribution is 2.28. The lowest BCUT2D eigenvalue weighted by molar-refractivity contribution is 0.0568. The summed E-state index contributed by atoms with van der Waals surface area (Å²) in [6, 6.07) is 5.01. The van der Waals surface area contributed by atoms with E-state index in [2.05, 4.69) is 30.6 Å². The lowest BCUT2D eigenvalue weighted by Gasteiger charge is -2.03. The van der Waals surface area contributed by atoms with Crippen LogP contribution in [0.25, 0.3) is 22.0 Å². The zero-order chi connectivity index (χ0) is 18.8. The molecule has 4 rings (SSSR count). The number of H-pyrrole nitrogens is 1. The Bertz CT molecular complexity index is 1060. The Hall–Kier alpha value is -3.47. The van der Waals surface area contributed by atoms with Crippen LogP contribution in [0.5, 0.6) is 0 Å². The van der Waals surface area contributed by atoms with Crippen molar-refractivity contribution >= 4 is 22.9 Å². The van der Waals surface area contributed by atoms with Crippen molar-refractivity contribution in [3.8, 4) is 22.0 Å². The SMILES string of the molecule is O=C(Nc1cn(C(F)F)nc1-c1ccccn1)c1csc(-c2cn[nH]c2)n1. The first kappa shape index (κ1) is 17.0. The molecule has 0 aliphatic rings. The van der Waals surface area contributed by atoms with E-state index in [9.17, 15) is 13.6 Å². The Morgan fingerprint density at radius 2 is 2.22 bits per heavy atom. The summed E-state index contributed by atoms with van der Waals surface area (Å²) in [7, 11) is 0. The van der Waals surface area contributed by atoms with Crippen LogP contribution >= 0.6 is 11.3 Å². The summed E-state index contributed by atoms with van der Waals surface area (Å²) in [5.41, 5.74) is 1.54. The standard InChI is InChI=1S/C16H11F2N7OS/c17-16(18)25-7-11(13(24-25)10-3-1-2-4-19-10)22-14(26)12-8-27-15(23-12)9-5-20-21-6-9/h1-8,16H,(H,20,21)(H,22,26). The van der Waals surface area contributed by atoms with Crippen molar-refractivity contribution in [3.05, 3.63) is 54.1 Å². The first-order valence-corrected chi connectivity index (χ1v) is 8.54. The van der Waals surface area contributed by atoms with Crippen molar-refractivity contribution < 1.29 is 13.6 Å². The van der Waals surface area contributed by atoms with Crippen LogP contribution in [0.15, 0.2) is 48.4 Å². The minimum Gasteiger partial charge on any atom is -0.317 e. The van der Waals surface area contributed by atoms with E-state index in [0.29, 0.717) is 15.4 Å². The number of carbonyl (C=O) groups is 1. The average Bonchev–Trinajstić information content (AvgIpc) is 3.42. The number of alkyl halides is 2. The van der Waals surface area contributed by atoms with Gasteiger partial charge in [-0.15, -0.1) is 11.3 Å². The van der Waals surface area contributed by atoms with E-state index in [0.717, 1.165) is 11.8 Å². The molecular formula is C16H11F2N7OS. The summed E-state index contributed by atoms with van der Waals surface area (Å²) in [6.07, 6.45) is 5.83. The van der Waals surface area contributed by atoms with Gasteiger partial charge in [-0.1, -0.05) is 6.07 Å².